The molecule has 2 nitrogen and oxygen atoms in total. The highest BCUT2D eigenvalue weighted by Gasteiger charge is 2.06. The van der Waals surface area contributed by atoms with Gasteiger partial charge in [0.05, 0.1) is 6.61 Å². The third-order valence-electron chi connectivity index (χ3n) is 0.372. The van der Waals surface area contributed by atoms with Gasteiger partial charge < -0.3 is 5.73 Å². The molecule has 0 aromatic carbocycles. The normalized spacial score (nSPS) is 12.0. The molecule has 0 atom stereocenters. The van der Waals surface area contributed by atoms with Crippen LogP contribution in [0.15, 0.2) is 0 Å². The first-order chi connectivity index (χ1) is 2.56. The molecule has 0 saturated heterocycles. The lowest BCUT2D eigenvalue weighted by Gasteiger charge is -2.10. The minimum atomic E-state index is -0.514. The Labute approximate surface area is 38.0 Å². The third kappa shape index (κ3) is 3.92. The predicted molar refractivity (Wildman–Crippen MR) is 23.8 cm³/mol. The van der Waals surface area contributed by atoms with Gasteiger partial charge in [-0.2, -0.15) is 0 Å². The molecule has 0 saturated carbocycles. The zero-order chi connectivity index (χ0) is 5.21. The van der Waals surface area contributed by atoms with Crippen LogP contribution in [-0.2, 0) is 5.11 Å². The average Bonchev–Trinajstić information content (AvgIpc) is 1.35. The van der Waals surface area contributed by atoms with E-state index in [4.69, 9.17) is 5.73 Å². The van der Waals surface area contributed by atoms with E-state index in [9.17, 15) is 5.11 Å². The zero-order valence-corrected chi connectivity index (χ0v) is 4.19. The van der Waals surface area contributed by atoms with E-state index in [2.05, 4.69) is 0 Å². The van der Waals surface area contributed by atoms with Crippen molar-refractivity contribution >= 4 is 0 Å². The third-order valence-corrected chi connectivity index (χ3v) is 0.372. The Bertz CT molecular complexity index is 37.3. The van der Waals surface area contributed by atoms with Crippen LogP contribution in [0.2, 0.25) is 0 Å². The second-order valence-electron chi connectivity index (χ2n) is 2.13. The highest BCUT2D eigenvalue weighted by atomic mass is 16.3. The van der Waals surface area contributed by atoms with Crippen LogP contribution in [0, 0.1) is 0 Å². The smallest absolute Gasteiger partial charge is 0.0996 e. The van der Waals surface area contributed by atoms with Crippen molar-refractivity contribution in [2.45, 2.75) is 19.4 Å². The molecule has 6 heavy (non-hydrogen) atoms. The first-order valence-corrected chi connectivity index (χ1v) is 1.93. The van der Waals surface area contributed by atoms with E-state index in [1.165, 1.54) is 0 Å². The lowest BCUT2D eigenvalue weighted by molar-refractivity contribution is 0.140. The van der Waals surface area contributed by atoms with Crippen molar-refractivity contribution in [1.29, 1.82) is 0 Å². The minimum Gasteiger partial charge on any atom is -0.324 e. The maximum absolute atomic E-state index is 9.83. The van der Waals surface area contributed by atoms with Gasteiger partial charge in [0.2, 0.25) is 0 Å². The number of rotatable bonds is 1. The summed E-state index contributed by atoms with van der Waals surface area (Å²) in [6.45, 7) is 3.22. The number of hydrogen-bond acceptors (Lipinski definition) is 1. The Morgan fingerprint density at radius 2 is 1.83 bits per heavy atom. The lowest BCUT2D eigenvalue weighted by Crippen LogP contribution is -2.35. The molecule has 0 unspecified atom stereocenters. The molecular weight excluding hydrogens is 78.0 g/mol. The molecule has 0 bridgehead atoms. The van der Waals surface area contributed by atoms with Gasteiger partial charge in [-0.25, -0.2) is 5.11 Å². The van der Waals surface area contributed by atoms with Gasteiger partial charge >= 0.3 is 0 Å². The molecule has 37 valence electrons. The monoisotopic (exact) mass is 88.1 g/mol. The van der Waals surface area contributed by atoms with E-state index in [1.807, 2.05) is 0 Å². The SMILES string of the molecule is CC(C)(N)C[O]. The molecule has 0 aliphatic heterocycles. The summed E-state index contributed by atoms with van der Waals surface area (Å²) in [5.74, 6) is 0. The molecule has 0 fully saturated rings. The summed E-state index contributed by atoms with van der Waals surface area (Å²) in [4.78, 5) is 0. The zero-order valence-electron chi connectivity index (χ0n) is 4.19. The van der Waals surface area contributed by atoms with Gasteiger partial charge in [-0.05, 0) is 13.8 Å². The van der Waals surface area contributed by atoms with E-state index < -0.39 is 5.54 Å². The van der Waals surface area contributed by atoms with Crippen molar-refractivity contribution in [2.24, 2.45) is 5.73 Å². The molecule has 0 aliphatic carbocycles. The lowest BCUT2D eigenvalue weighted by atomic mass is 10.1. The molecule has 0 aromatic rings. The quantitative estimate of drug-likeness (QED) is 0.487. The average molecular weight is 88.1 g/mol. The molecule has 2 heteroatoms. The van der Waals surface area contributed by atoms with E-state index in [0.29, 0.717) is 0 Å². The topological polar surface area (TPSA) is 45.9 Å². The van der Waals surface area contributed by atoms with E-state index in [0.717, 1.165) is 0 Å². The second kappa shape index (κ2) is 1.58. The van der Waals surface area contributed by atoms with Gasteiger partial charge in [-0.15, -0.1) is 0 Å². The van der Waals surface area contributed by atoms with Crippen molar-refractivity contribution in [3.8, 4) is 0 Å². The van der Waals surface area contributed by atoms with Crippen molar-refractivity contribution < 1.29 is 5.11 Å². The van der Waals surface area contributed by atoms with Crippen LogP contribution in [0.5, 0.6) is 0 Å². The van der Waals surface area contributed by atoms with Crippen molar-refractivity contribution in [3.63, 3.8) is 0 Å². The summed E-state index contributed by atoms with van der Waals surface area (Å²) in [6, 6.07) is 0. The Morgan fingerprint density at radius 3 is 1.83 bits per heavy atom. The Kier molecular flexibility index (Phi) is 1.56. The fraction of sp³-hybridized carbons (Fsp3) is 1.00. The van der Waals surface area contributed by atoms with Gasteiger partial charge in [0, 0.05) is 5.54 Å². The molecule has 0 heterocycles. The van der Waals surface area contributed by atoms with Crippen LogP contribution in [0.3, 0.4) is 0 Å². The highest BCUT2D eigenvalue weighted by Crippen LogP contribution is 1.90. The number of hydrogen-bond donors (Lipinski definition) is 1. The molecule has 2 N–H and O–H groups in total. The molecule has 0 spiro atoms. The largest absolute Gasteiger partial charge is 0.324 e. The van der Waals surface area contributed by atoms with Crippen molar-refractivity contribution in [1.82, 2.24) is 0 Å². The fourth-order valence-electron chi connectivity index (χ4n) is 0. The standard InChI is InChI=1S/C4H10NO/c1-4(2,5)3-6/h3,5H2,1-2H3. The molecular formula is C4H10NO. The van der Waals surface area contributed by atoms with E-state index in [-0.39, 0.29) is 6.61 Å². The summed E-state index contributed by atoms with van der Waals surface area (Å²) in [6.07, 6.45) is 0. The van der Waals surface area contributed by atoms with Gasteiger partial charge in [0.1, 0.15) is 0 Å². The van der Waals surface area contributed by atoms with Gasteiger partial charge in [-0.1, -0.05) is 0 Å². The number of nitrogens with two attached hydrogens (primary N) is 1. The molecule has 0 aliphatic rings. The fourth-order valence-corrected chi connectivity index (χ4v) is 0. The summed E-state index contributed by atoms with van der Waals surface area (Å²) in [7, 11) is 0. The van der Waals surface area contributed by atoms with Crippen LogP contribution in [-0.4, -0.2) is 12.1 Å². The summed E-state index contributed by atoms with van der Waals surface area (Å²) >= 11 is 0. The van der Waals surface area contributed by atoms with Crippen LogP contribution < -0.4 is 5.73 Å². The van der Waals surface area contributed by atoms with Crippen LogP contribution >= 0.6 is 0 Å². The van der Waals surface area contributed by atoms with Crippen molar-refractivity contribution in [2.75, 3.05) is 6.61 Å². The second-order valence-corrected chi connectivity index (χ2v) is 2.13. The minimum absolute atomic E-state index is 0.201. The van der Waals surface area contributed by atoms with E-state index >= 15 is 0 Å². The molecule has 0 aromatic heterocycles. The van der Waals surface area contributed by atoms with Crippen molar-refractivity contribution in [3.05, 3.63) is 0 Å². The maximum Gasteiger partial charge on any atom is 0.0996 e. The Balaban J connectivity index is 3.17. The predicted octanol–water partition coefficient (Wildman–Crippen LogP) is 0.154. The van der Waals surface area contributed by atoms with Crippen LogP contribution in [0.25, 0.3) is 0 Å². The first-order valence-electron chi connectivity index (χ1n) is 1.93. The van der Waals surface area contributed by atoms with Crippen LogP contribution in [0.1, 0.15) is 13.8 Å². The van der Waals surface area contributed by atoms with Crippen LogP contribution in [0.4, 0.5) is 0 Å². The Morgan fingerprint density at radius 1 is 1.67 bits per heavy atom. The summed E-state index contributed by atoms with van der Waals surface area (Å²) in [5.41, 5.74) is 4.71. The molecule has 1 radical (unpaired) electrons. The Hall–Kier alpha value is -0.0800. The van der Waals surface area contributed by atoms with Gasteiger partial charge in [0.15, 0.2) is 0 Å². The highest BCUT2D eigenvalue weighted by molar-refractivity contribution is 4.67. The van der Waals surface area contributed by atoms with Gasteiger partial charge in [0.25, 0.3) is 0 Å². The summed E-state index contributed by atoms with van der Waals surface area (Å²) in [5, 5.41) is 9.83. The molecule has 0 rings (SSSR count). The molecule has 0 amide bonds. The first kappa shape index (κ1) is 5.92. The maximum atomic E-state index is 9.83. The van der Waals surface area contributed by atoms with Gasteiger partial charge in [-0.3, -0.25) is 0 Å². The summed E-state index contributed by atoms with van der Waals surface area (Å²) < 4.78 is 0. The van der Waals surface area contributed by atoms with E-state index in [1.54, 1.807) is 13.8 Å².